The molecule has 0 radical (unpaired) electrons. The summed E-state index contributed by atoms with van der Waals surface area (Å²) in [7, 11) is 5.96. The largest absolute Gasteiger partial charge is 0.317 e. The van der Waals surface area contributed by atoms with Gasteiger partial charge in [-0.2, -0.15) is 0 Å². The summed E-state index contributed by atoms with van der Waals surface area (Å²) < 4.78 is 0. The first-order chi connectivity index (χ1) is 5.20. The quantitative estimate of drug-likeness (QED) is 0.557. The van der Waals surface area contributed by atoms with Crippen molar-refractivity contribution in [1.82, 2.24) is 10.2 Å². The fourth-order valence-corrected chi connectivity index (χ4v) is 0.910. The molecule has 0 aromatic carbocycles. The van der Waals surface area contributed by atoms with Gasteiger partial charge in [0.2, 0.25) is 0 Å². The zero-order valence-electron chi connectivity index (χ0n) is 7.63. The van der Waals surface area contributed by atoms with Crippen LogP contribution in [0.1, 0.15) is 12.8 Å². The predicted octanol–water partition coefficient (Wildman–Crippen LogP) is 0.115. The van der Waals surface area contributed by atoms with Crippen LogP contribution < -0.4 is 5.32 Å². The lowest BCUT2D eigenvalue weighted by atomic mass is 10.1. The van der Waals surface area contributed by atoms with Gasteiger partial charge >= 0.3 is 0 Å². The molecule has 0 saturated heterocycles. The molecule has 0 fully saturated rings. The van der Waals surface area contributed by atoms with Gasteiger partial charge in [0.1, 0.15) is 6.29 Å². The minimum absolute atomic E-state index is 0.342. The Labute approximate surface area is 68.8 Å². The predicted molar refractivity (Wildman–Crippen MR) is 46.7 cm³/mol. The van der Waals surface area contributed by atoms with E-state index in [0.29, 0.717) is 12.5 Å². The van der Waals surface area contributed by atoms with E-state index in [1.807, 2.05) is 21.1 Å². The molecule has 3 heteroatoms. The Bertz CT molecular complexity index is 104. The maximum absolute atomic E-state index is 10.2. The summed E-state index contributed by atoms with van der Waals surface area (Å²) in [5.74, 6) is 0. The van der Waals surface area contributed by atoms with E-state index in [1.54, 1.807) is 0 Å². The van der Waals surface area contributed by atoms with Crippen LogP contribution in [0.4, 0.5) is 0 Å². The number of aldehydes is 1. The van der Waals surface area contributed by atoms with Crippen LogP contribution in [-0.4, -0.2) is 44.9 Å². The highest BCUT2D eigenvalue weighted by Crippen LogP contribution is 1.95. The second-order valence-corrected chi connectivity index (χ2v) is 2.98. The average molecular weight is 158 g/mol. The fraction of sp³-hybridized carbons (Fsp3) is 0.875. The molecule has 3 nitrogen and oxygen atoms in total. The van der Waals surface area contributed by atoms with Crippen LogP contribution in [-0.2, 0) is 4.79 Å². The van der Waals surface area contributed by atoms with E-state index in [4.69, 9.17) is 0 Å². The average Bonchev–Trinajstić information content (AvgIpc) is 1.97. The minimum Gasteiger partial charge on any atom is -0.317 e. The Balaban J connectivity index is 3.43. The van der Waals surface area contributed by atoms with E-state index >= 15 is 0 Å². The second kappa shape index (κ2) is 6.31. The maximum atomic E-state index is 10.2. The molecule has 0 aromatic rings. The van der Waals surface area contributed by atoms with E-state index in [1.165, 1.54) is 0 Å². The highest BCUT2D eigenvalue weighted by molar-refractivity contribution is 5.50. The maximum Gasteiger partial charge on any atom is 0.121 e. The number of carbonyl (C=O) groups excluding carboxylic acids is 1. The molecular formula is C8H18N2O. The number of rotatable bonds is 6. The van der Waals surface area contributed by atoms with Gasteiger partial charge < -0.3 is 15.0 Å². The van der Waals surface area contributed by atoms with Crippen LogP contribution in [0.25, 0.3) is 0 Å². The molecule has 0 saturated carbocycles. The van der Waals surface area contributed by atoms with Crippen molar-refractivity contribution in [2.24, 2.45) is 0 Å². The monoisotopic (exact) mass is 158 g/mol. The number of hydrogen-bond acceptors (Lipinski definition) is 3. The molecule has 0 aliphatic heterocycles. The van der Waals surface area contributed by atoms with Crippen LogP contribution in [0, 0.1) is 0 Å². The molecular weight excluding hydrogens is 140 g/mol. The molecule has 0 aliphatic carbocycles. The van der Waals surface area contributed by atoms with Crippen molar-refractivity contribution >= 4 is 6.29 Å². The van der Waals surface area contributed by atoms with E-state index in [-0.39, 0.29) is 0 Å². The van der Waals surface area contributed by atoms with Crippen LogP contribution >= 0.6 is 0 Å². The molecule has 0 bridgehead atoms. The molecule has 0 heterocycles. The zero-order chi connectivity index (χ0) is 8.69. The zero-order valence-corrected chi connectivity index (χ0v) is 7.63. The van der Waals surface area contributed by atoms with Gasteiger partial charge in [0, 0.05) is 12.5 Å². The summed E-state index contributed by atoms with van der Waals surface area (Å²) >= 11 is 0. The van der Waals surface area contributed by atoms with Gasteiger partial charge in [-0.25, -0.2) is 0 Å². The number of nitrogens with one attached hydrogen (secondary N) is 1. The Morgan fingerprint density at radius 1 is 1.55 bits per heavy atom. The van der Waals surface area contributed by atoms with Gasteiger partial charge in [0.05, 0.1) is 0 Å². The summed E-state index contributed by atoms with van der Waals surface area (Å²) in [6.07, 6.45) is 2.61. The minimum atomic E-state index is 0.342. The van der Waals surface area contributed by atoms with Crippen molar-refractivity contribution in [3.8, 4) is 0 Å². The van der Waals surface area contributed by atoms with E-state index in [9.17, 15) is 4.79 Å². The summed E-state index contributed by atoms with van der Waals surface area (Å²) in [5, 5.41) is 3.10. The van der Waals surface area contributed by atoms with E-state index < -0.39 is 0 Å². The van der Waals surface area contributed by atoms with Crippen LogP contribution in [0.2, 0.25) is 0 Å². The van der Waals surface area contributed by atoms with Crippen molar-refractivity contribution < 1.29 is 4.79 Å². The normalized spacial score (nSPS) is 13.5. The molecule has 1 atom stereocenters. The Morgan fingerprint density at radius 2 is 2.18 bits per heavy atom. The lowest BCUT2D eigenvalue weighted by Crippen LogP contribution is -2.29. The van der Waals surface area contributed by atoms with Crippen LogP contribution in [0.3, 0.4) is 0 Å². The molecule has 11 heavy (non-hydrogen) atoms. The van der Waals surface area contributed by atoms with Crippen molar-refractivity contribution in [2.75, 3.05) is 27.7 Å². The van der Waals surface area contributed by atoms with Crippen molar-refractivity contribution in [3.63, 3.8) is 0 Å². The van der Waals surface area contributed by atoms with Crippen molar-refractivity contribution in [2.45, 2.75) is 18.9 Å². The molecule has 0 aliphatic rings. The Morgan fingerprint density at radius 3 is 2.55 bits per heavy atom. The summed E-state index contributed by atoms with van der Waals surface area (Å²) in [6, 6.07) is 0.342. The molecule has 1 N–H and O–H groups in total. The van der Waals surface area contributed by atoms with Gasteiger partial charge in [0.25, 0.3) is 0 Å². The van der Waals surface area contributed by atoms with Gasteiger partial charge in [-0.15, -0.1) is 0 Å². The first-order valence-corrected chi connectivity index (χ1v) is 3.96. The summed E-state index contributed by atoms with van der Waals surface area (Å²) in [5.41, 5.74) is 0. The highest BCUT2D eigenvalue weighted by atomic mass is 16.1. The lowest BCUT2D eigenvalue weighted by molar-refractivity contribution is -0.108. The molecule has 0 spiro atoms. The van der Waals surface area contributed by atoms with Gasteiger partial charge in [-0.1, -0.05) is 0 Å². The van der Waals surface area contributed by atoms with E-state index in [0.717, 1.165) is 19.3 Å². The fourth-order valence-electron chi connectivity index (χ4n) is 0.910. The first kappa shape index (κ1) is 10.6. The number of nitrogens with zero attached hydrogens (tertiary/aromatic N) is 1. The smallest absolute Gasteiger partial charge is 0.121 e. The third-order valence-electron chi connectivity index (χ3n) is 1.71. The van der Waals surface area contributed by atoms with Gasteiger partial charge in [-0.3, -0.25) is 0 Å². The van der Waals surface area contributed by atoms with Crippen LogP contribution in [0.15, 0.2) is 0 Å². The highest BCUT2D eigenvalue weighted by Gasteiger charge is 2.04. The van der Waals surface area contributed by atoms with Crippen molar-refractivity contribution in [1.29, 1.82) is 0 Å². The van der Waals surface area contributed by atoms with E-state index in [2.05, 4.69) is 10.2 Å². The summed E-state index contributed by atoms with van der Waals surface area (Å²) in [6.45, 7) is 1.03. The first-order valence-electron chi connectivity index (χ1n) is 3.96. The Kier molecular flexibility index (Phi) is 6.07. The Hall–Kier alpha value is -0.410. The SMILES string of the molecule is CNC(CC=O)CCN(C)C. The molecule has 1 unspecified atom stereocenters. The standard InChI is InChI=1S/C8H18N2O/c1-9-8(5-7-11)4-6-10(2)3/h7-9H,4-6H2,1-3H3. The summed E-state index contributed by atoms with van der Waals surface area (Å²) in [4.78, 5) is 12.3. The molecule has 0 aromatic heterocycles. The number of hydrogen-bond donors (Lipinski definition) is 1. The molecule has 66 valence electrons. The second-order valence-electron chi connectivity index (χ2n) is 2.98. The third kappa shape index (κ3) is 6.01. The van der Waals surface area contributed by atoms with Gasteiger partial charge in [-0.05, 0) is 34.1 Å². The molecule has 0 amide bonds. The van der Waals surface area contributed by atoms with Crippen molar-refractivity contribution in [3.05, 3.63) is 0 Å². The topological polar surface area (TPSA) is 32.3 Å². The lowest BCUT2D eigenvalue weighted by Gasteiger charge is -2.15. The third-order valence-corrected chi connectivity index (χ3v) is 1.71. The van der Waals surface area contributed by atoms with Crippen LogP contribution in [0.5, 0.6) is 0 Å². The van der Waals surface area contributed by atoms with Gasteiger partial charge in [0.15, 0.2) is 0 Å². The number of carbonyl (C=O) groups is 1. The molecule has 0 rings (SSSR count).